The molecule has 1 aromatic heterocycles. The molecule has 0 saturated carbocycles. The second kappa shape index (κ2) is 6.21. The average Bonchev–Trinajstić information content (AvgIpc) is 2.87. The fourth-order valence-corrected chi connectivity index (χ4v) is 2.60. The molecule has 0 amide bonds. The maximum Gasteiger partial charge on any atom is 0.128 e. The molecule has 102 valence electrons. The van der Waals surface area contributed by atoms with Gasteiger partial charge in [0.15, 0.2) is 0 Å². The van der Waals surface area contributed by atoms with Crippen LogP contribution in [0.2, 0.25) is 0 Å². The Morgan fingerprint density at radius 1 is 1.37 bits per heavy atom. The number of benzene rings is 1. The van der Waals surface area contributed by atoms with Crippen LogP contribution in [0, 0.1) is 11.6 Å². The fraction of sp³-hybridized carbons (Fsp3) is 0.357. The van der Waals surface area contributed by atoms with Crippen LogP contribution < -0.4 is 5.32 Å². The first-order valence-corrected chi connectivity index (χ1v) is 7.03. The van der Waals surface area contributed by atoms with E-state index in [1.165, 1.54) is 10.9 Å². The molecule has 0 aliphatic carbocycles. The molecule has 0 bridgehead atoms. The highest BCUT2D eigenvalue weighted by Gasteiger charge is 2.12. The van der Waals surface area contributed by atoms with Crippen LogP contribution in [0.4, 0.5) is 8.78 Å². The second-order valence-electron chi connectivity index (χ2n) is 4.34. The van der Waals surface area contributed by atoms with Crippen LogP contribution in [-0.2, 0) is 13.0 Å². The lowest BCUT2D eigenvalue weighted by Gasteiger charge is -2.14. The summed E-state index contributed by atoms with van der Waals surface area (Å²) in [6.45, 7) is 4.45. The van der Waals surface area contributed by atoms with Gasteiger partial charge in [-0.3, -0.25) is 0 Å². The molecule has 1 heterocycles. The molecule has 19 heavy (non-hydrogen) atoms. The number of nitrogens with zero attached hydrogens (tertiary/aromatic N) is 1. The zero-order valence-corrected chi connectivity index (χ0v) is 11.7. The Bertz CT molecular complexity index is 554. The highest BCUT2D eigenvalue weighted by Crippen LogP contribution is 2.19. The van der Waals surface area contributed by atoms with Crippen molar-refractivity contribution in [2.75, 3.05) is 0 Å². The molecule has 0 saturated heterocycles. The first-order chi connectivity index (χ1) is 9.10. The predicted octanol–water partition coefficient (Wildman–Crippen LogP) is 3.83. The fourth-order valence-electron chi connectivity index (χ4n) is 1.79. The number of nitrogens with one attached hydrogen (secondary N) is 1. The summed E-state index contributed by atoms with van der Waals surface area (Å²) in [7, 11) is 0. The van der Waals surface area contributed by atoms with Crippen molar-refractivity contribution in [3.63, 3.8) is 0 Å². The van der Waals surface area contributed by atoms with Gasteiger partial charge in [-0.1, -0.05) is 6.92 Å². The predicted molar refractivity (Wildman–Crippen MR) is 73.1 cm³/mol. The number of halogens is 2. The van der Waals surface area contributed by atoms with Crippen LogP contribution in [0.5, 0.6) is 0 Å². The molecule has 1 aromatic carbocycles. The minimum atomic E-state index is -0.424. The lowest BCUT2D eigenvalue weighted by atomic mass is 10.1. The molecule has 2 aromatic rings. The lowest BCUT2D eigenvalue weighted by Crippen LogP contribution is -2.19. The van der Waals surface area contributed by atoms with Gasteiger partial charge in [-0.2, -0.15) is 0 Å². The van der Waals surface area contributed by atoms with Gasteiger partial charge in [0.1, 0.15) is 16.6 Å². The van der Waals surface area contributed by atoms with Gasteiger partial charge in [0.05, 0.1) is 0 Å². The molecular weight excluding hydrogens is 266 g/mol. The van der Waals surface area contributed by atoms with Crippen LogP contribution in [0.3, 0.4) is 0 Å². The molecule has 0 aliphatic rings. The molecule has 1 unspecified atom stereocenters. The van der Waals surface area contributed by atoms with Crippen LogP contribution >= 0.6 is 11.3 Å². The highest BCUT2D eigenvalue weighted by atomic mass is 32.1. The summed E-state index contributed by atoms with van der Waals surface area (Å²) in [4.78, 5) is 5.50. The Labute approximate surface area is 115 Å². The van der Waals surface area contributed by atoms with Gasteiger partial charge < -0.3 is 5.32 Å². The molecule has 0 radical (unpaired) electrons. The van der Waals surface area contributed by atoms with Gasteiger partial charge in [-0.15, -0.1) is 11.3 Å². The molecule has 0 fully saturated rings. The molecular formula is C14H16F2N2S. The first kappa shape index (κ1) is 14.1. The number of aryl methyl sites for hydroxylation is 1. The van der Waals surface area contributed by atoms with E-state index in [-0.39, 0.29) is 6.04 Å². The zero-order chi connectivity index (χ0) is 13.8. The van der Waals surface area contributed by atoms with Crippen molar-refractivity contribution in [1.29, 1.82) is 0 Å². The Hall–Kier alpha value is -1.33. The largest absolute Gasteiger partial charge is 0.304 e. The summed E-state index contributed by atoms with van der Waals surface area (Å²) < 4.78 is 26.7. The maximum absolute atomic E-state index is 13.6. The number of rotatable bonds is 5. The molecule has 1 N–H and O–H groups in total. The number of thiazole rings is 1. The zero-order valence-electron chi connectivity index (χ0n) is 10.9. The van der Waals surface area contributed by atoms with Crippen molar-refractivity contribution in [1.82, 2.24) is 10.3 Å². The van der Waals surface area contributed by atoms with Crippen molar-refractivity contribution < 1.29 is 8.78 Å². The minimum absolute atomic E-state index is 0.260. The normalized spacial score (nSPS) is 12.6. The van der Waals surface area contributed by atoms with Crippen LogP contribution in [-0.4, -0.2) is 4.98 Å². The SMILES string of the molecule is CCc1cnc(CNC(C)c2cc(F)ccc2F)s1. The Morgan fingerprint density at radius 2 is 2.16 bits per heavy atom. The summed E-state index contributed by atoms with van der Waals surface area (Å²) in [5.74, 6) is -0.817. The van der Waals surface area contributed by atoms with Crippen molar-refractivity contribution in [3.8, 4) is 0 Å². The van der Waals surface area contributed by atoms with E-state index in [2.05, 4.69) is 17.2 Å². The van der Waals surface area contributed by atoms with E-state index in [0.717, 1.165) is 23.6 Å². The summed E-state index contributed by atoms with van der Waals surface area (Å²) >= 11 is 1.64. The Balaban J connectivity index is 2.00. The molecule has 5 heteroatoms. The van der Waals surface area contributed by atoms with E-state index in [9.17, 15) is 8.78 Å². The molecule has 2 nitrogen and oxygen atoms in total. The van der Waals surface area contributed by atoms with E-state index in [0.29, 0.717) is 12.1 Å². The van der Waals surface area contributed by atoms with Gasteiger partial charge in [0, 0.05) is 29.2 Å². The van der Waals surface area contributed by atoms with Gasteiger partial charge in [0.25, 0.3) is 0 Å². The van der Waals surface area contributed by atoms with Gasteiger partial charge in [-0.25, -0.2) is 13.8 Å². The quantitative estimate of drug-likeness (QED) is 0.901. The minimum Gasteiger partial charge on any atom is -0.304 e. The monoisotopic (exact) mass is 282 g/mol. The highest BCUT2D eigenvalue weighted by molar-refractivity contribution is 7.11. The smallest absolute Gasteiger partial charge is 0.128 e. The van der Waals surface area contributed by atoms with Gasteiger partial charge in [-0.05, 0) is 31.5 Å². The van der Waals surface area contributed by atoms with Crippen LogP contribution in [0.25, 0.3) is 0 Å². The first-order valence-electron chi connectivity index (χ1n) is 6.22. The topological polar surface area (TPSA) is 24.9 Å². The van der Waals surface area contributed by atoms with E-state index in [1.54, 1.807) is 11.3 Å². The van der Waals surface area contributed by atoms with E-state index >= 15 is 0 Å². The third-order valence-corrected chi connectivity index (χ3v) is 4.08. The lowest BCUT2D eigenvalue weighted by molar-refractivity contribution is 0.518. The summed E-state index contributed by atoms with van der Waals surface area (Å²) in [5.41, 5.74) is 0.340. The van der Waals surface area contributed by atoms with Crippen LogP contribution in [0.1, 0.15) is 35.3 Å². The van der Waals surface area contributed by atoms with Crippen molar-refractivity contribution in [2.24, 2.45) is 0 Å². The summed E-state index contributed by atoms with van der Waals surface area (Å²) in [5, 5.41) is 4.12. The van der Waals surface area contributed by atoms with Crippen LogP contribution in [0.15, 0.2) is 24.4 Å². The van der Waals surface area contributed by atoms with Gasteiger partial charge >= 0.3 is 0 Å². The molecule has 2 rings (SSSR count). The molecule has 0 spiro atoms. The van der Waals surface area contributed by atoms with Crippen molar-refractivity contribution in [2.45, 2.75) is 32.9 Å². The number of hydrogen-bond acceptors (Lipinski definition) is 3. The summed E-state index contributed by atoms with van der Waals surface area (Å²) in [6.07, 6.45) is 2.82. The number of aromatic nitrogens is 1. The summed E-state index contributed by atoms with van der Waals surface area (Å²) in [6, 6.07) is 3.25. The second-order valence-corrected chi connectivity index (χ2v) is 5.54. The Kier molecular flexibility index (Phi) is 4.61. The molecule has 0 aliphatic heterocycles. The maximum atomic E-state index is 13.6. The third-order valence-electron chi connectivity index (χ3n) is 2.93. The van der Waals surface area contributed by atoms with E-state index < -0.39 is 11.6 Å². The Morgan fingerprint density at radius 3 is 2.84 bits per heavy atom. The standard InChI is InChI=1S/C14H16F2N2S/c1-3-11-7-18-14(19-11)8-17-9(2)12-6-10(15)4-5-13(12)16/h4-7,9,17H,3,8H2,1-2H3. The van der Waals surface area contributed by atoms with Crippen molar-refractivity contribution >= 4 is 11.3 Å². The van der Waals surface area contributed by atoms with E-state index in [4.69, 9.17) is 0 Å². The van der Waals surface area contributed by atoms with Crippen molar-refractivity contribution in [3.05, 3.63) is 51.5 Å². The van der Waals surface area contributed by atoms with Gasteiger partial charge in [0.2, 0.25) is 0 Å². The third kappa shape index (κ3) is 3.58. The average molecular weight is 282 g/mol. The van der Waals surface area contributed by atoms with E-state index in [1.807, 2.05) is 13.1 Å². The molecule has 1 atom stereocenters. The number of hydrogen-bond donors (Lipinski definition) is 1.